The predicted octanol–water partition coefficient (Wildman–Crippen LogP) is 2.71. The van der Waals surface area contributed by atoms with Crippen molar-refractivity contribution in [1.82, 2.24) is 20.2 Å². The topological polar surface area (TPSA) is 104 Å². The van der Waals surface area contributed by atoms with Gasteiger partial charge >= 0.3 is 0 Å². The molecule has 1 amide bonds. The van der Waals surface area contributed by atoms with Gasteiger partial charge in [0.1, 0.15) is 0 Å². The van der Waals surface area contributed by atoms with Crippen LogP contribution in [0.5, 0.6) is 0 Å². The molecule has 0 bridgehead atoms. The molecule has 0 unspecified atom stereocenters. The van der Waals surface area contributed by atoms with Gasteiger partial charge in [-0.05, 0) is 30.3 Å². The third kappa shape index (κ3) is 4.98. The third-order valence-electron chi connectivity index (χ3n) is 4.16. The molecule has 0 aliphatic carbocycles. The normalized spacial score (nSPS) is 11.4. The fourth-order valence-corrected chi connectivity index (χ4v) is 3.52. The lowest BCUT2D eigenvalue weighted by Gasteiger charge is -2.08. The number of aromatic amines is 1. The summed E-state index contributed by atoms with van der Waals surface area (Å²) in [5.41, 5.74) is 3.38. The van der Waals surface area contributed by atoms with Crippen LogP contribution in [0.15, 0.2) is 54.7 Å². The highest BCUT2D eigenvalue weighted by molar-refractivity contribution is 7.88. The van der Waals surface area contributed by atoms with Crippen molar-refractivity contribution in [2.75, 3.05) is 7.05 Å². The minimum atomic E-state index is -3.31. The Morgan fingerprint density at radius 2 is 1.71 bits per heavy atom. The smallest absolute Gasteiger partial charge is 0.255 e. The fraction of sp³-hybridized carbons (Fsp3) is 0.158. The zero-order chi connectivity index (χ0) is 20.1. The Morgan fingerprint density at radius 1 is 1.07 bits per heavy atom. The van der Waals surface area contributed by atoms with Gasteiger partial charge in [-0.2, -0.15) is 5.10 Å². The summed E-state index contributed by atoms with van der Waals surface area (Å²) in [6.45, 7) is 0.309. The molecule has 3 N–H and O–H groups in total. The average molecular weight is 419 g/mol. The van der Waals surface area contributed by atoms with Crippen molar-refractivity contribution in [1.29, 1.82) is 0 Å². The van der Waals surface area contributed by atoms with E-state index in [1.807, 2.05) is 12.1 Å². The first-order chi connectivity index (χ1) is 13.4. The van der Waals surface area contributed by atoms with Crippen molar-refractivity contribution in [2.24, 2.45) is 0 Å². The molecule has 0 atom stereocenters. The van der Waals surface area contributed by atoms with E-state index >= 15 is 0 Å². The molecule has 0 saturated carbocycles. The molecule has 146 valence electrons. The maximum Gasteiger partial charge on any atom is 0.255 e. The zero-order valence-corrected chi connectivity index (χ0v) is 16.6. The predicted molar refractivity (Wildman–Crippen MR) is 108 cm³/mol. The molecule has 3 rings (SSSR count). The van der Waals surface area contributed by atoms with Crippen molar-refractivity contribution in [3.8, 4) is 11.3 Å². The van der Waals surface area contributed by atoms with E-state index in [1.54, 1.807) is 36.4 Å². The Hall–Kier alpha value is -2.68. The van der Waals surface area contributed by atoms with Crippen LogP contribution in [0.3, 0.4) is 0 Å². The van der Waals surface area contributed by atoms with Crippen molar-refractivity contribution >= 4 is 27.5 Å². The Labute approximate surface area is 168 Å². The lowest BCUT2D eigenvalue weighted by molar-refractivity contribution is 0.0951. The highest BCUT2D eigenvalue weighted by atomic mass is 35.5. The number of carbonyl (C=O) groups excluding carboxylic acids is 1. The quantitative estimate of drug-likeness (QED) is 0.548. The molecule has 0 fully saturated rings. The summed E-state index contributed by atoms with van der Waals surface area (Å²) in [6, 6.07) is 14.1. The molecule has 0 aliphatic heterocycles. The molecule has 1 heterocycles. The van der Waals surface area contributed by atoms with Crippen LogP contribution >= 0.6 is 11.6 Å². The minimum Gasteiger partial charge on any atom is -0.348 e. The average Bonchev–Trinajstić information content (AvgIpc) is 3.17. The van der Waals surface area contributed by atoms with E-state index in [0.717, 1.165) is 11.1 Å². The van der Waals surface area contributed by atoms with E-state index in [9.17, 15) is 13.2 Å². The number of nitrogens with one attached hydrogen (secondary N) is 3. The number of rotatable bonds is 7. The van der Waals surface area contributed by atoms with Crippen molar-refractivity contribution in [3.05, 3.63) is 76.4 Å². The number of carbonyl (C=O) groups is 1. The standard InChI is InChI=1S/C19H19ClN4O3S/c1-21-28(26,27)12-14-4-2-13(3-5-14)10-22-19(25)17-11-23-24-18(17)15-6-8-16(20)9-7-15/h2-9,11,21H,10,12H2,1H3,(H,22,25)(H,23,24). The number of hydrogen-bond acceptors (Lipinski definition) is 4. The van der Waals surface area contributed by atoms with Crippen molar-refractivity contribution in [2.45, 2.75) is 12.3 Å². The first kappa shape index (κ1) is 20.1. The Morgan fingerprint density at radius 3 is 2.36 bits per heavy atom. The molecule has 7 nitrogen and oxygen atoms in total. The lowest BCUT2D eigenvalue weighted by atomic mass is 10.1. The van der Waals surface area contributed by atoms with Crippen LogP contribution in [0, 0.1) is 0 Å². The number of halogens is 1. The number of nitrogens with zero attached hydrogens (tertiary/aromatic N) is 1. The van der Waals surface area contributed by atoms with Gasteiger partial charge in [0.2, 0.25) is 10.0 Å². The second-order valence-corrected chi connectivity index (χ2v) is 8.49. The largest absolute Gasteiger partial charge is 0.348 e. The fourth-order valence-electron chi connectivity index (χ4n) is 2.62. The van der Waals surface area contributed by atoms with E-state index in [4.69, 9.17) is 11.6 Å². The number of H-pyrrole nitrogens is 1. The van der Waals surface area contributed by atoms with Gasteiger partial charge in [0.25, 0.3) is 5.91 Å². The van der Waals surface area contributed by atoms with E-state index < -0.39 is 10.0 Å². The summed E-state index contributed by atoms with van der Waals surface area (Å²) >= 11 is 5.91. The molecule has 0 aliphatic rings. The van der Waals surface area contributed by atoms with Gasteiger partial charge in [0, 0.05) is 17.1 Å². The summed E-state index contributed by atoms with van der Waals surface area (Å²) in [6.07, 6.45) is 1.48. The maximum atomic E-state index is 12.5. The third-order valence-corrected chi connectivity index (χ3v) is 5.75. The van der Waals surface area contributed by atoms with Crippen molar-refractivity contribution < 1.29 is 13.2 Å². The van der Waals surface area contributed by atoms with Gasteiger partial charge in [-0.15, -0.1) is 0 Å². The molecule has 1 aromatic heterocycles. The van der Waals surface area contributed by atoms with Crippen LogP contribution in [0.4, 0.5) is 0 Å². The molecule has 28 heavy (non-hydrogen) atoms. The molecule has 0 radical (unpaired) electrons. The summed E-state index contributed by atoms with van der Waals surface area (Å²) in [5.74, 6) is -0.351. The maximum absolute atomic E-state index is 12.5. The number of hydrogen-bond donors (Lipinski definition) is 3. The van der Waals surface area contributed by atoms with Gasteiger partial charge in [-0.25, -0.2) is 13.1 Å². The Balaban J connectivity index is 1.65. The van der Waals surface area contributed by atoms with E-state index in [1.165, 1.54) is 13.2 Å². The summed E-state index contributed by atoms with van der Waals surface area (Å²) < 4.78 is 25.4. The monoisotopic (exact) mass is 418 g/mol. The van der Waals surface area contributed by atoms with E-state index in [0.29, 0.717) is 28.4 Å². The van der Waals surface area contributed by atoms with Crippen LogP contribution in [0.2, 0.25) is 5.02 Å². The number of benzene rings is 2. The highest BCUT2D eigenvalue weighted by Crippen LogP contribution is 2.23. The molecule has 3 aromatic rings. The van der Waals surface area contributed by atoms with Gasteiger partial charge in [0.05, 0.1) is 23.2 Å². The van der Waals surface area contributed by atoms with Crippen LogP contribution in [0.25, 0.3) is 11.3 Å². The second kappa shape index (κ2) is 8.55. The summed E-state index contributed by atoms with van der Waals surface area (Å²) in [7, 11) is -1.93. The van der Waals surface area contributed by atoms with Crippen LogP contribution in [-0.4, -0.2) is 31.6 Å². The van der Waals surface area contributed by atoms with Gasteiger partial charge < -0.3 is 5.32 Å². The highest BCUT2D eigenvalue weighted by Gasteiger charge is 2.15. The first-order valence-electron chi connectivity index (χ1n) is 8.44. The van der Waals surface area contributed by atoms with Crippen LogP contribution in [-0.2, 0) is 22.3 Å². The zero-order valence-electron chi connectivity index (χ0n) is 15.1. The number of sulfonamides is 1. The molecule has 0 saturated heterocycles. The Kier molecular flexibility index (Phi) is 6.13. The van der Waals surface area contributed by atoms with Gasteiger partial charge in [0.15, 0.2) is 0 Å². The van der Waals surface area contributed by atoms with Crippen LogP contribution < -0.4 is 10.0 Å². The van der Waals surface area contributed by atoms with Crippen LogP contribution in [0.1, 0.15) is 21.5 Å². The summed E-state index contributed by atoms with van der Waals surface area (Å²) in [4.78, 5) is 12.5. The lowest BCUT2D eigenvalue weighted by Crippen LogP contribution is -2.23. The number of amides is 1. The van der Waals surface area contributed by atoms with E-state index in [2.05, 4.69) is 20.2 Å². The second-order valence-electron chi connectivity index (χ2n) is 6.13. The SMILES string of the molecule is CNS(=O)(=O)Cc1ccc(CNC(=O)c2cn[nH]c2-c2ccc(Cl)cc2)cc1. The number of aromatic nitrogens is 2. The van der Waals surface area contributed by atoms with Gasteiger partial charge in [-0.1, -0.05) is 48.0 Å². The molecular weight excluding hydrogens is 400 g/mol. The first-order valence-corrected chi connectivity index (χ1v) is 10.5. The van der Waals surface area contributed by atoms with E-state index in [-0.39, 0.29) is 11.7 Å². The molecular formula is C19H19ClN4O3S. The molecule has 2 aromatic carbocycles. The summed E-state index contributed by atoms with van der Waals surface area (Å²) in [5, 5.41) is 10.3. The van der Waals surface area contributed by atoms with Crippen molar-refractivity contribution in [3.63, 3.8) is 0 Å². The Bertz CT molecular complexity index is 1060. The van der Waals surface area contributed by atoms with Gasteiger partial charge in [-0.3, -0.25) is 9.89 Å². The minimum absolute atomic E-state index is 0.0877. The molecule has 0 spiro atoms. The molecule has 9 heteroatoms.